The molecular weight excluding hydrogens is 323 g/mol. The molecule has 3 rings (SSSR count). The van der Waals surface area contributed by atoms with Gasteiger partial charge in [-0.15, -0.1) is 0 Å². The highest BCUT2D eigenvalue weighted by molar-refractivity contribution is 5.95. The number of rotatable bonds is 4. The van der Waals surface area contributed by atoms with Crippen LogP contribution in [0.25, 0.3) is 10.9 Å². The molecule has 2 aromatic carbocycles. The van der Waals surface area contributed by atoms with Gasteiger partial charge >= 0.3 is 0 Å². The molecule has 1 aromatic heterocycles. The number of nitrogens with zero attached hydrogens (tertiary/aromatic N) is 2. The second-order valence-corrected chi connectivity index (χ2v) is 5.65. The van der Waals surface area contributed by atoms with Crippen molar-refractivity contribution in [3.8, 4) is 11.5 Å². The lowest BCUT2D eigenvalue weighted by Crippen LogP contribution is -2.27. The number of carbonyl (C=O) groups excluding carboxylic acids is 1. The van der Waals surface area contributed by atoms with E-state index in [2.05, 4.69) is 4.98 Å². The van der Waals surface area contributed by atoms with Crippen molar-refractivity contribution in [2.75, 3.05) is 14.2 Å². The molecule has 0 aliphatic rings. The molecule has 0 saturated carbocycles. The summed E-state index contributed by atoms with van der Waals surface area (Å²) in [4.78, 5) is 18.2. The number of amides is 1. The molecule has 5 nitrogen and oxygen atoms in total. The van der Waals surface area contributed by atoms with E-state index >= 15 is 0 Å². The Bertz CT molecular complexity index is 943. The van der Waals surface area contributed by atoms with Crippen LogP contribution in [0.15, 0.2) is 48.7 Å². The van der Waals surface area contributed by atoms with Crippen LogP contribution in [0.1, 0.15) is 15.9 Å². The Balaban J connectivity index is 1.93. The number of halogens is 1. The van der Waals surface area contributed by atoms with Crippen LogP contribution >= 0.6 is 0 Å². The lowest BCUT2D eigenvalue weighted by molar-refractivity contribution is 0.0780. The van der Waals surface area contributed by atoms with E-state index in [0.717, 1.165) is 23.1 Å². The van der Waals surface area contributed by atoms with Crippen LogP contribution in [0.2, 0.25) is 0 Å². The van der Waals surface area contributed by atoms with E-state index in [1.165, 1.54) is 11.0 Å². The number of hydrogen-bond donors (Lipinski definition) is 1. The Morgan fingerprint density at radius 1 is 1.28 bits per heavy atom. The summed E-state index contributed by atoms with van der Waals surface area (Å²) in [7, 11) is 3.15. The molecule has 0 unspecified atom stereocenters. The lowest BCUT2D eigenvalue weighted by Gasteiger charge is -2.19. The SMILES string of the molecule is COc1ccc(CN(C)C(=O)c2cc(O)ccc2F)c2cccnc12. The first kappa shape index (κ1) is 16.7. The lowest BCUT2D eigenvalue weighted by atomic mass is 10.1. The maximum atomic E-state index is 13.9. The first-order valence-electron chi connectivity index (χ1n) is 7.66. The second-order valence-electron chi connectivity index (χ2n) is 5.65. The molecule has 1 heterocycles. The van der Waals surface area contributed by atoms with Gasteiger partial charge in [0.1, 0.15) is 22.8 Å². The summed E-state index contributed by atoms with van der Waals surface area (Å²) in [5.41, 5.74) is 1.39. The summed E-state index contributed by atoms with van der Waals surface area (Å²) in [5, 5.41) is 10.4. The summed E-state index contributed by atoms with van der Waals surface area (Å²) < 4.78 is 19.2. The van der Waals surface area contributed by atoms with Crippen molar-refractivity contribution in [1.29, 1.82) is 0 Å². The van der Waals surface area contributed by atoms with Crippen LogP contribution in [0.4, 0.5) is 4.39 Å². The molecule has 128 valence electrons. The molecule has 0 aliphatic heterocycles. The smallest absolute Gasteiger partial charge is 0.257 e. The standard InChI is InChI=1S/C19H17FN2O3/c1-22(19(24)15-10-13(23)6-7-16(15)20)11-12-5-8-17(25-2)18-14(12)4-3-9-21-18/h3-10,23H,11H2,1-2H3. The number of phenolic OH excluding ortho intramolecular Hbond substituents is 1. The number of benzene rings is 2. The van der Waals surface area contributed by atoms with Gasteiger partial charge in [-0.05, 0) is 35.9 Å². The van der Waals surface area contributed by atoms with Crippen molar-refractivity contribution in [3.63, 3.8) is 0 Å². The van der Waals surface area contributed by atoms with Crippen LogP contribution in [-0.4, -0.2) is 35.1 Å². The summed E-state index contributed by atoms with van der Waals surface area (Å²) in [6, 6.07) is 10.7. The van der Waals surface area contributed by atoms with Crippen LogP contribution in [0.3, 0.4) is 0 Å². The van der Waals surface area contributed by atoms with Gasteiger partial charge in [0, 0.05) is 25.2 Å². The number of pyridine rings is 1. The first-order valence-corrected chi connectivity index (χ1v) is 7.66. The van der Waals surface area contributed by atoms with Crippen LogP contribution in [0.5, 0.6) is 11.5 Å². The largest absolute Gasteiger partial charge is 0.508 e. The van der Waals surface area contributed by atoms with E-state index in [9.17, 15) is 14.3 Å². The number of aromatic nitrogens is 1. The third-order valence-electron chi connectivity index (χ3n) is 3.98. The van der Waals surface area contributed by atoms with Crippen molar-refractivity contribution in [2.24, 2.45) is 0 Å². The van der Waals surface area contributed by atoms with Crippen molar-refractivity contribution in [2.45, 2.75) is 6.54 Å². The molecule has 0 bridgehead atoms. The summed E-state index contributed by atoms with van der Waals surface area (Å²) in [6.07, 6.45) is 1.67. The maximum Gasteiger partial charge on any atom is 0.257 e. The summed E-state index contributed by atoms with van der Waals surface area (Å²) in [5.74, 6) is -0.693. The Morgan fingerprint density at radius 3 is 2.84 bits per heavy atom. The molecule has 1 amide bonds. The molecule has 0 atom stereocenters. The molecule has 3 aromatic rings. The normalized spacial score (nSPS) is 10.7. The van der Waals surface area contributed by atoms with Crippen molar-refractivity contribution in [1.82, 2.24) is 9.88 Å². The fourth-order valence-corrected chi connectivity index (χ4v) is 2.72. The average molecular weight is 340 g/mol. The highest BCUT2D eigenvalue weighted by atomic mass is 19.1. The molecule has 0 radical (unpaired) electrons. The van der Waals surface area contributed by atoms with Crippen molar-refractivity contribution >= 4 is 16.8 Å². The van der Waals surface area contributed by atoms with Crippen molar-refractivity contribution in [3.05, 3.63) is 65.6 Å². The number of aromatic hydroxyl groups is 1. The number of carbonyl (C=O) groups is 1. The van der Waals surface area contributed by atoms with Crippen LogP contribution in [-0.2, 0) is 6.54 Å². The molecular formula is C19H17FN2O3. The molecule has 0 saturated heterocycles. The zero-order valence-electron chi connectivity index (χ0n) is 13.9. The summed E-state index contributed by atoms with van der Waals surface area (Å²) >= 11 is 0. The van der Waals surface area contributed by atoms with Gasteiger partial charge in [-0.25, -0.2) is 4.39 Å². The molecule has 25 heavy (non-hydrogen) atoms. The third-order valence-corrected chi connectivity index (χ3v) is 3.98. The predicted molar refractivity (Wildman–Crippen MR) is 92.2 cm³/mol. The molecule has 1 N–H and O–H groups in total. The quantitative estimate of drug-likeness (QED) is 0.791. The zero-order chi connectivity index (χ0) is 18.0. The topological polar surface area (TPSA) is 62.7 Å². The minimum absolute atomic E-state index is 0.155. The van der Waals surface area contributed by atoms with E-state index < -0.39 is 11.7 Å². The molecule has 0 fully saturated rings. The number of hydrogen-bond acceptors (Lipinski definition) is 4. The van der Waals surface area contributed by atoms with Gasteiger partial charge in [0.15, 0.2) is 0 Å². The number of ether oxygens (including phenoxy) is 1. The van der Waals surface area contributed by atoms with E-state index in [4.69, 9.17) is 4.74 Å². The van der Waals surface area contributed by atoms with Crippen molar-refractivity contribution < 1.29 is 19.0 Å². The number of fused-ring (bicyclic) bond motifs is 1. The van der Waals surface area contributed by atoms with E-state index in [-0.39, 0.29) is 17.9 Å². The van der Waals surface area contributed by atoms with Gasteiger partial charge in [-0.1, -0.05) is 12.1 Å². The second kappa shape index (κ2) is 6.76. The Morgan fingerprint density at radius 2 is 2.08 bits per heavy atom. The van der Waals surface area contributed by atoms with Gasteiger partial charge in [-0.2, -0.15) is 0 Å². The van der Waals surface area contributed by atoms with E-state index in [1.54, 1.807) is 26.4 Å². The Labute approximate surface area is 144 Å². The third kappa shape index (κ3) is 3.24. The Hall–Kier alpha value is -3.15. The van der Waals surface area contributed by atoms with Gasteiger partial charge in [0.05, 0.1) is 12.7 Å². The fraction of sp³-hybridized carbons (Fsp3) is 0.158. The monoisotopic (exact) mass is 340 g/mol. The molecule has 0 aliphatic carbocycles. The molecule has 0 spiro atoms. The number of phenols is 1. The first-order chi connectivity index (χ1) is 12.0. The highest BCUT2D eigenvalue weighted by Crippen LogP contribution is 2.27. The minimum Gasteiger partial charge on any atom is -0.508 e. The fourth-order valence-electron chi connectivity index (χ4n) is 2.72. The zero-order valence-corrected chi connectivity index (χ0v) is 13.9. The minimum atomic E-state index is -0.670. The highest BCUT2D eigenvalue weighted by Gasteiger charge is 2.18. The Kier molecular flexibility index (Phi) is 4.52. The van der Waals surface area contributed by atoms with Gasteiger partial charge in [0.25, 0.3) is 5.91 Å². The van der Waals surface area contributed by atoms with E-state index in [0.29, 0.717) is 11.3 Å². The maximum absolute atomic E-state index is 13.9. The summed E-state index contributed by atoms with van der Waals surface area (Å²) in [6.45, 7) is 0.264. The van der Waals surface area contributed by atoms with Gasteiger partial charge in [0.2, 0.25) is 0 Å². The predicted octanol–water partition coefficient (Wildman–Crippen LogP) is 3.36. The number of methoxy groups -OCH3 is 1. The van der Waals surface area contributed by atoms with Gasteiger partial charge < -0.3 is 14.7 Å². The van der Waals surface area contributed by atoms with Gasteiger partial charge in [-0.3, -0.25) is 9.78 Å². The molecule has 6 heteroatoms. The average Bonchev–Trinajstić information content (AvgIpc) is 2.63. The van der Waals surface area contributed by atoms with E-state index in [1.807, 2.05) is 18.2 Å². The van der Waals surface area contributed by atoms with Crippen LogP contribution in [0, 0.1) is 5.82 Å². The van der Waals surface area contributed by atoms with Crippen LogP contribution < -0.4 is 4.74 Å².